The third-order valence-corrected chi connectivity index (χ3v) is 6.91. The Labute approximate surface area is 175 Å². The highest BCUT2D eigenvalue weighted by Gasteiger charge is 2.25. The van der Waals surface area contributed by atoms with Gasteiger partial charge in [-0.05, 0) is 96.7 Å². The molecule has 148 valence electrons. The molecule has 2 aromatic carbocycles. The van der Waals surface area contributed by atoms with E-state index in [1.807, 2.05) is 0 Å². The van der Waals surface area contributed by atoms with Crippen molar-refractivity contribution in [1.29, 1.82) is 0 Å². The summed E-state index contributed by atoms with van der Waals surface area (Å²) in [5.74, 6) is 0. The number of hydrogen-bond acceptors (Lipinski definition) is 2. The number of hydrogen-bond donors (Lipinski definition) is 1. The third kappa shape index (κ3) is 4.91. The summed E-state index contributed by atoms with van der Waals surface area (Å²) < 4.78 is 0. The van der Waals surface area contributed by atoms with Crippen molar-refractivity contribution in [3.63, 3.8) is 0 Å². The molecule has 1 aliphatic rings. The molecule has 3 rings (SSSR count). The second-order valence-corrected chi connectivity index (χ2v) is 10.1. The van der Waals surface area contributed by atoms with Crippen LogP contribution in [0.4, 0.5) is 5.69 Å². The van der Waals surface area contributed by atoms with Crippen LogP contribution in [-0.2, 0) is 19.3 Å². The molecular weight excluding hydrogens is 358 g/mol. The second kappa shape index (κ2) is 8.21. The van der Waals surface area contributed by atoms with E-state index in [4.69, 9.17) is 5.73 Å². The van der Waals surface area contributed by atoms with Crippen molar-refractivity contribution in [3.05, 3.63) is 81.3 Å². The average molecular weight is 392 g/mol. The molecule has 0 aliphatic heterocycles. The van der Waals surface area contributed by atoms with Gasteiger partial charge in [0.1, 0.15) is 0 Å². The molecule has 0 heterocycles. The molecule has 0 bridgehead atoms. The van der Waals surface area contributed by atoms with E-state index in [2.05, 4.69) is 76.9 Å². The highest BCUT2D eigenvalue weighted by molar-refractivity contribution is 8.10. The minimum absolute atomic E-state index is 0.408. The van der Waals surface area contributed by atoms with Crippen molar-refractivity contribution in [2.24, 2.45) is 5.41 Å². The van der Waals surface area contributed by atoms with Gasteiger partial charge in [-0.1, -0.05) is 62.0 Å². The minimum Gasteiger partial charge on any atom is -0.399 e. The van der Waals surface area contributed by atoms with Gasteiger partial charge >= 0.3 is 0 Å². The Hall–Kier alpha value is -1.93. The van der Waals surface area contributed by atoms with Gasteiger partial charge in [0.25, 0.3) is 0 Å². The highest BCUT2D eigenvalue weighted by Crippen LogP contribution is 2.37. The summed E-state index contributed by atoms with van der Waals surface area (Å²) >= 11 is 1.74. The Morgan fingerprint density at radius 2 is 1.89 bits per heavy atom. The molecular formula is C26H33NS. The normalized spacial score (nSPS) is 16.0. The van der Waals surface area contributed by atoms with E-state index in [0.717, 1.165) is 22.6 Å². The summed E-state index contributed by atoms with van der Waals surface area (Å²) in [5.41, 5.74) is 16.7. The number of aryl methyl sites for hydroxylation is 3. The Balaban J connectivity index is 1.69. The summed E-state index contributed by atoms with van der Waals surface area (Å²) in [6, 6.07) is 11.2. The molecule has 2 N–H and O–H groups in total. The van der Waals surface area contributed by atoms with Crippen LogP contribution in [0.1, 0.15) is 60.6 Å². The molecule has 1 aliphatic carbocycles. The van der Waals surface area contributed by atoms with E-state index in [9.17, 15) is 0 Å². The van der Waals surface area contributed by atoms with Gasteiger partial charge in [-0.3, -0.25) is 0 Å². The highest BCUT2D eigenvalue weighted by atomic mass is 32.2. The smallest absolute Gasteiger partial charge is 0.0346 e. The molecule has 0 atom stereocenters. The quantitative estimate of drug-likeness (QED) is 0.543. The molecule has 0 aromatic heterocycles. The van der Waals surface area contributed by atoms with Crippen molar-refractivity contribution in [3.8, 4) is 0 Å². The number of fused-ring (bicyclic) bond motifs is 1. The lowest BCUT2D eigenvalue weighted by molar-refractivity contribution is 0.315. The van der Waals surface area contributed by atoms with Crippen LogP contribution in [0.3, 0.4) is 0 Å². The number of benzene rings is 2. The van der Waals surface area contributed by atoms with E-state index < -0.39 is 0 Å². The summed E-state index contributed by atoms with van der Waals surface area (Å²) in [5, 5.41) is 2.25. The molecule has 0 saturated carbocycles. The van der Waals surface area contributed by atoms with Crippen molar-refractivity contribution in [2.75, 3.05) is 5.73 Å². The van der Waals surface area contributed by atoms with Gasteiger partial charge in [0.05, 0.1) is 0 Å². The largest absolute Gasteiger partial charge is 0.399 e. The zero-order valence-corrected chi connectivity index (χ0v) is 18.8. The van der Waals surface area contributed by atoms with Crippen LogP contribution in [-0.4, -0.2) is 0 Å². The van der Waals surface area contributed by atoms with Crippen molar-refractivity contribution in [1.82, 2.24) is 0 Å². The molecule has 0 radical (unpaired) electrons. The third-order valence-electron chi connectivity index (χ3n) is 5.86. The summed E-state index contributed by atoms with van der Waals surface area (Å²) in [6.07, 6.45) is 4.59. The van der Waals surface area contributed by atoms with E-state index in [-0.39, 0.29) is 0 Å². The maximum Gasteiger partial charge on any atom is 0.0346 e. The van der Waals surface area contributed by atoms with Crippen LogP contribution >= 0.6 is 11.8 Å². The predicted molar refractivity (Wildman–Crippen MR) is 127 cm³/mol. The summed E-state index contributed by atoms with van der Waals surface area (Å²) in [4.78, 5) is 1.12. The van der Waals surface area contributed by atoms with Crippen LogP contribution < -0.4 is 5.73 Å². The van der Waals surface area contributed by atoms with Gasteiger partial charge in [-0.2, -0.15) is 0 Å². The number of thioether (sulfide) groups is 1. The predicted octanol–water partition coefficient (Wildman–Crippen LogP) is 7.25. The molecule has 0 unspecified atom stereocenters. The standard InChI is InChI=1S/C26H33NS/c1-17(11-23-12-19(3)25(27)13-18(23)2)16-28-20(4)22-8-7-21-9-10-26(5,6)15-24(21)14-22/h7-8,12-14,16H,4,9-11,15,27H2,1-3,5-6H3/b17-16+. The van der Waals surface area contributed by atoms with Gasteiger partial charge in [0, 0.05) is 10.6 Å². The van der Waals surface area contributed by atoms with E-state index in [0.29, 0.717) is 5.41 Å². The van der Waals surface area contributed by atoms with Crippen LogP contribution in [0.2, 0.25) is 0 Å². The Bertz CT molecular complexity index is 934. The number of anilines is 1. The Morgan fingerprint density at radius 3 is 2.64 bits per heavy atom. The molecule has 1 nitrogen and oxygen atoms in total. The van der Waals surface area contributed by atoms with Crippen molar-refractivity contribution >= 4 is 22.4 Å². The van der Waals surface area contributed by atoms with Gasteiger partial charge in [0.15, 0.2) is 0 Å². The Kier molecular flexibility index (Phi) is 6.09. The first-order valence-corrected chi connectivity index (χ1v) is 11.0. The first-order valence-electron chi connectivity index (χ1n) is 10.1. The fraction of sp³-hybridized carbons (Fsp3) is 0.385. The molecule has 2 heteroatoms. The molecule has 2 aromatic rings. The van der Waals surface area contributed by atoms with Crippen molar-refractivity contribution in [2.45, 2.75) is 60.3 Å². The van der Waals surface area contributed by atoms with Crippen LogP contribution in [0.25, 0.3) is 4.91 Å². The first kappa shape index (κ1) is 20.8. The second-order valence-electron chi connectivity index (χ2n) is 9.14. The molecule has 0 fully saturated rings. The topological polar surface area (TPSA) is 26.0 Å². The lowest BCUT2D eigenvalue weighted by Gasteiger charge is -2.31. The maximum atomic E-state index is 6.02. The number of allylic oxidation sites excluding steroid dienone is 1. The first-order chi connectivity index (χ1) is 13.1. The van der Waals surface area contributed by atoms with Crippen molar-refractivity contribution < 1.29 is 0 Å². The fourth-order valence-corrected chi connectivity index (χ4v) is 4.65. The van der Waals surface area contributed by atoms with Gasteiger partial charge in [0.2, 0.25) is 0 Å². The van der Waals surface area contributed by atoms with Crippen LogP contribution in [0, 0.1) is 19.3 Å². The molecule has 28 heavy (non-hydrogen) atoms. The lowest BCUT2D eigenvalue weighted by atomic mass is 9.74. The van der Waals surface area contributed by atoms with E-state index in [1.165, 1.54) is 52.7 Å². The average Bonchev–Trinajstić information content (AvgIpc) is 2.62. The van der Waals surface area contributed by atoms with E-state index >= 15 is 0 Å². The fourth-order valence-electron chi connectivity index (χ4n) is 3.96. The SMILES string of the molecule is C=C(S/C=C(\C)Cc1cc(C)c(N)cc1C)c1ccc2c(c1)CC(C)(C)CC2. The zero-order chi connectivity index (χ0) is 20.5. The molecule has 0 amide bonds. The van der Waals surface area contributed by atoms with Gasteiger partial charge < -0.3 is 5.73 Å². The van der Waals surface area contributed by atoms with Crippen LogP contribution in [0.5, 0.6) is 0 Å². The summed E-state index contributed by atoms with van der Waals surface area (Å²) in [7, 11) is 0. The lowest BCUT2D eigenvalue weighted by Crippen LogP contribution is -2.22. The summed E-state index contributed by atoms with van der Waals surface area (Å²) in [6.45, 7) is 15.5. The molecule has 0 saturated heterocycles. The Morgan fingerprint density at radius 1 is 1.14 bits per heavy atom. The minimum atomic E-state index is 0.408. The van der Waals surface area contributed by atoms with Crippen LogP contribution in [0.15, 0.2) is 47.9 Å². The number of nitrogen functional groups attached to an aromatic ring is 1. The molecule has 0 spiro atoms. The zero-order valence-electron chi connectivity index (χ0n) is 18.0. The number of nitrogens with two attached hydrogens (primary N) is 1. The monoisotopic (exact) mass is 391 g/mol. The van der Waals surface area contributed by atoms with Gasteiger partial charge in [-0.25, -0.2) is 0 Å². The number of rotatable bonds is 5. The maximum absolute atomic E-state index is 6.02. The van der Waals surface area contributed by atoms with Gasteiger partial charge in [-0.15, -0.1) is 0 Å². The van der Waals surface area contributed by atoms with E-state index in [1.54, 1.807) is 11.8 Å².